The standard InChI is InChI=1S/C10H12ClN3O3S/c1-7-10(15)13-4-5-14(7)18(16,17)8-2-3-12-9(11)6-8/h2-3,6-7H,4-5H2,1H3,(H,13,15). The van der Waals surface area contributed by atoms with Gasteiger partial charge >= 0.3 is 0 Å². The molecule has 1 aromatic rings. The molecular formula is C10H12ClN3O3S. The highest BCUT2D eigenvalue weighted by atomic mass is 35.5. The quantitative estimate of drug-likeness (QED) is 0.791. The highest BCUT2D eigenvalue weighted by Crippen LogP contribution is 2.21. The van der Waals surface area contributed by atoms with Crippen LogP contribution in [0.25, 0.3) is 0 Å². The summed E-state index contributed by atoms with van der Waals surface area (Å²) in [6.45, 7) is 2.10. The zero-order chi connectivity index (χ0) is 13.3. The van der Waals surface area contributed by atoms with Crippen LogP contribution in [0, 0.1) is 0 Å². The molecular weight excluding hydrogens is 278 g/mol. The molecule has 1 unspecified atom stereocenters. The Morgan fingerprint density at radius 3 is 2.94 bits per heavy atom. The van der Waals surface area contributed by atoms with E-state index in [0.717, 1.165) is 4.31 Å². The van der Waals surface area contributed by atoms with Gasteiger partial charge in [-0.3, -0.25) is 4.79 Å². The Kier molecular flexibility index (Phi) is 3.56. The SMILES string of the molecule is CC1C(=O)NCCN1S(=O)(=O)c1ccnc(Cl)c1. The molecule has 98 valence electrons. The Morgan fingerprint density at radius 2 is 2.28 bits per heavy atom. The van der Waals surface area contributed by atoms with Crippen LogP contribution in [-0.2, 0) is 14.8 Å². The third-order valence-corrected chi connectivity index (χ3v) is 4.92. The van der Waals surface area contributed by atoms with Gasteiger partial charge in [0.05, 0.1) is 4.90 Å². The Bertz CT molecular complexity index is 575. The smallest absolute Gasteiger partial charge is 0.244 e. The van der Waals surface area contributed by atoms with E-state index in [2.05, 4.69) is 10.3 Å². The van der Waals surface area contributed by atoms with Gasteiger partial charge in [0.2, 0.25) is 15.9 Å². The molecule has 0 radical (unpaired) electrons. The fourth-order valence-corrected chi connectivity index (χ4v) is 3.62. The molecule has 1 atom stereocenters. The summed E-state index contributed by atoms with van der Waals surface area (Å²) in [6.07, 6.45) is 1.32. The number of nitrogens with zero attached hydrogens (tertiary/aromatic N) is 2. The number of aromatic nitrogens is 1. The summed E-state index contributed by atoms with van der Waals surface area (Å²) < 4.78 is 25.9. The van der Waals surface area contributed by atoms with E-state index in [1.165, 1.54) is 18.3 Å². The van der Waals surface area contributed by atoms with Crippen molar-refractivity contribution in [2.24, 2.45) is 0 Å². The van der Waals surface area contributed by atoms with Gasteiger partial charge in [-0.25, -0.2) is 13.4 Å². The zero-order valence-electron chi connectivity index (χ0n) is 9.63. The van der Waals surface area contributed by atoms with Crippen LogP contribution in [0.2, 0.25) is 5.15 Å². The van der Waals surface area contributed by atoms with Gasteiger partial charge in [-0.05, 0) is 19.1 Å². The van der Waals surface area contributed by atoms with Crippen molar-refractivity contribution in [3.8, 4) is 0 Å². The number of piperazine rings is 1. The van der Waals surface area contributed by atoms with E-state index < -0.39 is 16.1 Å². The molecule has 2 heterocycles. The normalized spacial score (nSPS) is 21.7. The van der Waals surface area contributed by atoms with Crippen LogP contribution in [0.5, 0.6) is 0 Å². The number of carbonyl (C=O) groups excluding carboxylic acids is 1. The molecule has 0 spiro atoms. The van der Waals surface area contributed by atoms with Crippen LogP contribution in [0.4, 0.5) is 0 Å². The molecule has 1 aromatic heterocycles. The molecule has 1 aliphatic rings. The van der Waals surface area contributed by atoms with Gasteiger partial charge in [-0.1, -0.05) is 11.6 Å². The summed E-state index contributed by atoms with van der Waals surface area (Å²) in [5.41, 5.74) is 0. The lowest BCUT2D eigenvalue weighted by atomic mass is 10.2. The maximum Gasteiger partial charge on any atom is 0.244 e. The van der Waals surface area contributed by atoms with Crippen molar-refractivity contribution in [2.75, 3.05) is 13.1 Å². The highest BCUT2D eigenvalue weighted by molar-refractivity contribution is 7.89. The van der Waals surface area contributed by atoms with Crippen molar-refractivity contribution >= 4 is 27.5 Å². The van der Waals surface area contributed by atoms with E-state index in [1.54, 1.807) is 6.92 Å². The van der Waals surface area contributed by atoms with Crippen molar-refractivity contribution in [2.45, 2.75) is 17.9 Å². The monoisotopic (exact) mass is 289 g/mol. The first kappa shape index (κ1) is 13.3. The van der Waals surface area contributed by atoms with Gasteiger partial charge in [0.1, 0.15) is 11.2 Å². The van der Waals surface area contributed by atoms with Crippen molar-refractivity contribution in [3.05, 3.63) is 23.5 Å². The van der Waals surface area contributed by atoms with E-state index in [0.29, 0.717) is 6.54 Å². The van der Waals surface area contributed by atoms with Crippen LogP contribution >= 0.6 is 11.6 Å². The number of nitrogens with one attached hydrogen (secondary N) is 1. The van der Waals surface area contributed by atoms with E-state index in [4.69, 9.17) is 11.6 Å². The van der Waals surface area contributed by atoms with Crippen molar-refractivity contribution in [1.29, 1.82) is 0 Å². The fraction of sp³-hybridized carbons (Fsp3) is 0.400. The minimum atomic E-state index is -3.72. The van der Waals surface area contributed by atoms with Crippen molar-refractivity contribution in [1.82, 2.24) is 14.6 Å². The molecule has 0 saturated carbocycles. The zero-order valence-corrected chi connectivity index (χ0v) is 11.2. The summed E-state index contributed by atoms with van der Waals surface area (Å²) in [5, 5.41) is 2.72. The molecule has 0 bridgehead atoms. The predicted octanol–water partition coefficient (Wildman–Crippen LogP) is 0.244. The Morgan fingerprint density at radius 1 is 1.56 bits per heavy atom. The van der Waals surface area contributed by atoms with Gasteiger partial charge in [-0.15, -0.1) is 0 Å². The molecule has 8 heteroatoms. The van der Waals surface area contributed by atoms with Gasteiger partial charge in [0.25, 0.3) is 0 Å². The van der Waals surface area contributed by atoms with Crippen LogP contribution in [-0.4, -0.2) is 42.7 Å². The first-order valence-electron chi connectivity index (χ1n) is 5.34. The second-order valence-corrected chi connectivity index (χ2v) is 6.17. The van der Waals surface area contributed by atoms with Crippen molar-refractivity contribution < 1.29 is 13.2 Å². The summed E-state index contributed by atoms with van der Waals surface area (Å²) in [4.78, 5) is 15.3. The van der Waals surface area contributed by atoms with Gasteiger partial charge < -0.3 is 5.32 Å². The summed E-state index contributed by atoms with van der Waals surface area (Å²) in [5.74, 6) is -0.301. The molecule has 1 saturated heterocycles. The van der Waals surface area contributed by atoms with Crippen LogP contribution < -0.4 is 5.32 Å². The number of hydrogen-bond donors (Lipinski definition) is 1. The summed E-state index contributed by atoms with van der Waals surface area (Å²) in [7, 11) is -3.72. The van der Waals surface area contributed by atoms with Crippen molar-refractivity contribution in [3.63, 3.8) is 0 Å². The second-order valence-electron chi connectivity index (χ2n) is 3.90. The van der Waals surface area contributed by atoms with Crippen LogP contribution in [0.3, 0.4) is 0 Å². The minimum Gasteiger partial charge on any atom is -0.353 e. The summed E-state index contributed by atoms with van der Waals surface area (Å²) in [6, 6.07) is 1.91. The molecule has 18 heavy (non-hydrogen) atoms. The predicted molar refractivity (Wildman–Crippen MR) is 65.6 cm³/mol. The largest absolute Gasteiger partial charge is 0.353 e. The maximum atomic E-state index is 12.4. The number of amides is 1. The molecule has 2 rings (SSSR count). The molecule has 1 amide bonds. The van der Waals surface area contributed by atoms with E-state index in [9.17, 15) is 13.2 Å². The van der Waals surface area contributed by atoms with Gasteiger partial charge in [0, 0.05) is 19.3 Å². The third-order valence-electron chi connectivity index (χ3n) is 2.75. The average molecular weight is 290 g/mol. The van der Waals surface area contributed by atoms with Crippen LogP contribution in [0.1, 0.15) is 6.92 Å². The Labute approximate surface area is 110 Å². The lowest BCUT2D eigenvalue weighted by molar-refractivity contribution is -0.126. The number of sulfonamides is 1. The topological polar surface area (TPSA) is 79.4 Å². The number of carbonyl (C=O) groups is 1. The Hall–Kier alpha value is -1.18. The second kappa shape index (κ2) is 4.83. The molecule has 1 fully saturated rings. The third kappa shape index (κ3) is 2.33. The summed E-state index contributed by atoms with van der Waals surface area (Å²) >= 11 is 5.68. The molecule has 1 N–H and O–H groups in total. The first-order chi connectivity index (χ1) is 8.43. The Balaban J connectivity index is 2.39. The lowest BCUT2D eigenvalue weighted by Gasteiger charge is -2.31. The van der Waals surface area contributed by atoms with Crippen LogP contribution in [0.15, 0.2) is 23.2 Å². The fourth-order valence-electron chi connectivity index (χ4n) is 1.77. The first-order valence-corrected chi connectivity index (χ1v) is 7.16. The number of hydrogen-bond acceptors (Lipinski definition) is 4. The number of halogens is 1. The highest BCUT2D eigenvalue weighted by Gasteiger charge is 2.35. The number of rotatable bonds is 2. The minimum absolute atomic E-state index is 0.0454. The number of pyridine rings is 1. The lowest BCUT2D eigenvalue weighted by Crippen LogP contribution is -2.55. The average Bonchev–Trinajstić information content (AvgIpc) is 2.32. The maximum absolute atomic E-state index is 12.4. The molecule has 1 aliphatic heterocycles. The van der Waals surface area contributed by atoms with E-state index in [-0.39, 0.29) is 22.5 Å². The van der Waals surface area contributed by atoms with E-state index >= 15 is 0 Å². The van der Waals surface area contributed by atoms with Gasteiger partial charge in [-0.2, -0.15) is 4.31 Å². The van der Waals surface area contributed by atoms with Gasteiger partial charge in [0.15, 0.2) is 0 Å². The molecule has 6 nitrogen and oxygen atoms in total. The van der Waals surface area contributed by atoms with E-state index in [1.807, 2.05) is 0 Å². The molecule has 0 aromatic carbocycles. The molecule has 0 aliphatic carbocycles.